The van der Waals surface area contributed by atoms with Gasteiger partial charge in [0.15, 0.2) is 0 Å². The first kappa shape index (κ1) is 12.5. The number of H-pyrrole nitrogens is 1. The van der Waals surface area contributed by atoms with E-state index in [4.69, 9.17) is 0 Å². The van der Waals surface area contributed by atoms with Crippen molar-refractivity contribution in [3.63, 3.8) is 0 Å². The Balaban J connectivity index is 1.79. The van der Waals surface area contributed by atoms with Crippen LogP contribution in [0, 0.1) is 0 Å². The predicted molar refractivity (Wildman–Crippen MR) is 79.7 cm³/mol. The van der Waals surface area contributed by atoms with E-state index in [-0.39, 0.29) is 5.56 Å². The first-order valence-electron chi connectivity index (χ1n) is 5.88. The smallest absolute Gasteiger partial charge is 0.268 e. The van der Waals surface area contributed by atoms with E-state index in [1.165, 1.54) is 16.9 Å². The molecule has 19 heavy (non-hydrogen) atoms. The molecule has 0 unspecified atom stereocenters. The van der Waals surface area contributed by atoms with E-state index in [0.29, 0.717) is 17.1 Å². The van der Waals surface area contributed by atoms with Gasteiger partial charge in [-0.3, -0.25) is 9.69 Å². The van der Waals surface area contributed by atoms with E-state index >= 15 is 0 Å². The molecule has 0 saturated carbocycles. The predicted octanol–water partition coefficient (Wildman–Crippen LogP) is 2.68. The number of thiophene rings is 2. The van der Waals surface area contributed by atoms with E-state index in [9.17, 15) is 4.79 Å². The quantitative estimate of drug-likeness (QED) is 0.804. The number of fused-ring (bicyclic) bond motifs is 1. The summed E-state index contributed by atoms with van der Waals surface area (Å²) >= 11 is 3.12. The van der Waals surface area contributed by atoms with Crippen LogP contribution in [0.25, 0.3) is 10.2 Å². The Labute approximate surface area is 118 Å². The van der Waals surface area contributed by atoms with Crippen LogP contribution in [0.3, 0.4) is 0 Å². The fourth-order valence-corrected chi connectivity index (χ4v) is 3.39. The van der Waals surface area contributed by atoms with Gasteiger partial charge in [0.2, 0.25) is 0 Å². The van der Waals surface area contributed by atoms with Crippen LogP contribution in [0.5, 0.6) is 0 Å². The fourth-order valence-electron chi connectivity index (χ4n) is 2.00. The third kappa shape index (κ3) is 2.75. The summed E-state index contributed by atoms with van der Waals surface area (Å²) in [5.41, 5.74) is 2.03. The molecule has 0 aliphatic carbocycles. The van der Waals surface area contributed by atoms with Gasteiger partial charge in [-0.1, -0.05) is 0 Å². The maximum atomic E-state index is 11.9. The number of hydrogen-bond donors (Lipinski definition) is 1. The Bertz CT molecular complexity index is 730. The second-order valence-electron chi connectivity index (χ2n) is 4.45. The lowest BCUT2D eigenvalue weighted by Gasteiger charge is -2.14. The van der Waals surface area contributed by atoms with Crippen molar-refractivity contribution in [1.29, 1.82) is 0 Å². The number of nitrogens with one attached hydrogen (secondary N) is 1. The number of nitrogens with zero attached hydrogens (tertiary/aromatic N) is 2. The third-order valence-corrected chi connectivity index (χ3v) is 4.45. The second kappa shape index (κ2) is 5.24. The molecule has 0 atom stereocenters. The van der Waals surface area contributed by atoms with Gasteiger partial charge in [-0.25, -0.2) is 4.98 Å². The Morgan fingerprint density at radius 3 is 3.00 bits per heavy atom. The minimum Gasteiger partial charge on any atom is -0.308 e. The van der Waals surface area contributed by atoms with Crippen molar-refractivity contribution < 1.29 is 0 Å². The molecule has 0 spiro atoms. The Kier molecular flexibility index (Phi) is 3.46. The van der Waals surface area contributed by atoms with E-state index < -0.39 is 0 Å². The van der Waals surface area contributed by atoms with Crippen molar-refractivity contribution in [3.8, 4) is 0 Å². The Morgan fingerprint density at radius 1 is 1.32 bits per heavy atom. The lowest BCUT2D eigenvalue weighted by atomic mass is 10.3. The van der Waals surface area contributed by atoms with Gasteiger partial charge in [0.05, 0.1) is 12.1 Å². The van der Waals surface area contributed by atoms with Crippen LogP contribution >= 0.6 is 22.7 Å². The molecular weight excluding hydrogens is 278 g/mol. The van der Waals surface area contributed by atoms with Crippen molar-refractivity contribution >= 4 is 32.9 Å². The van der Waals surface area contributed by atoms with Crippen LogP contribution < -0.4 is 5.56 Å². The summed E-state index contributed by atoms with van der Waals surface area (Å²) in [4.78, 5) is 21.3. The average Bonchev–Trinajstić information content (AvgIpc) is 2.99. The molecule has 98 valence electrons. The molecule has 3 heterocycles. The average molecular weight is 291 g/mol. The SMILES string of the molecule is CN(Cc1ccsc1)Cc1nc2ccsc2c(=O)[nH]1. The summed E-state index contributed by atoms with van der Waals surface area (Å²) in [5, 5.41) is 6.10. The van der Waals surface area contributed by atoms with Crippen LogP contribution in [0.15, 0.2) is 33.1 Å². The maximum Gasteiger partial charge on any atom is 0.268 e. The number of aromatic amines is 1. The monoisotopic (exact) mass is 291 g/mol. The first-order valence-corrected chi connectivity index (χ1v) is 7.70. The van der Waals surface area contributed by atoms with Crippen LogP contribution in [0.1, 0.15) is 11.4 Å². The Hall–Kier alpha value is -1.50. The van der Waals surface area contributed by atoms with Gasteiger partial charge >= 0.3 is 0 Å². The highest BCUT2D eigenvalue weighted by Gasteiger charge is 2.08. The molecule has 3 aromatic rings. The lowest BCUT2D eigenvalue weighted by Crippen LogP contribution is -2.21. The van der Waals surface area contributed by atoms with Crippen molar-refractivity contribution in [2.75, 3.05) is 7.05 Å². The standard InChI is InChI=1S/C13H13N3OS2/c1-16(6-9-2-4-18-8-9)7-11-14-10-3-5-19-12(10)13(17)15-11/h2-5,8H,6-7H2,1H3,(H,14,15,17). The molecule has 0 amide bonds. The molecule has 0 aromatic carbocycles. The molecule has 0 bridgehead atoms. The summed E-state index contributed by atoms with van der Waals surface area (Å²) in [6, 6.07) is 4.00. The summed E-state index contributed by atoms with van der Waals surface area (Å²) in [7, 11) is 2.02. The van der Waals surface area contributed by atoms with Gasteiger partial charge in [-0.2, -0.15) is 11.3 Å². The van der Waals surface area contributed by atoms with Gasteiger partial charge in [0, 0.05) is 6.54 Å². The van der Waals surface area contributed by atoms with Crippen molar-refractivity contribution in [3.05, 3.63) is 50.0 Å². The summed E-state index contributed by atoms with van der Waals surface area (Å²) in [5.74, 6) is 0.716. The van der Waals surface area contributed by atoms with E-state index in [1.807, 2.05) is 18.5 Å². The van der Waals surface area contributed by atoms with Crippen molar-refractivity contribution in [2.45, 2.75) is 13.1 Å². The minimum absolute atomic E-state index is 0.0427. The number of hydrogen-bond acceptors (Lipinski definition) is 5. The summed E-state index contributed by atoms with van der Waals surface area (Å²) in [6.07, 6.45) is 0. The molecule has 4 nitrogen and oxygen atoms in total. The van der Waals surface area contributed by atoms with Crippen molar-refractivity contribution in [1.82, 2.24) is 14.9 Å². The van der Waals surface area contributed by atoms with Crippen LogP contribution in [-0.2, 0) is 13.1 Å². The van der Waals surface area contributed by atoms with Crippen LogP contribution in [0.4, 0.5) is 0 Å². The van der Waals surface area contributed by atoms with Gasteiger partial charge in [-0.15, -0.1) is 11.3 Å². The summed E-state index contributed by atoms with van der Waals surface area (Å²) < 4.78 is 0.698. The number of aromatic nitrogens is 2. The molecule has 1 N–H and O–H groups in total. The zero-order valence-electron chi connectivity index (χ0n) is 10.4. The van der Waals surface area contributed by atoms with E-state index in [0.717, 1.165) is 12.1 Å². The molecule has 0 aliphatic rings. The van der Waals surface area contributed by atoms with Gasteiger partial charge < -0.3 is 4.98 Å². The molecule has 0 radical (unpaired) electrons. The summed E-state index contributed by atoms with van der Waals surface area (Å²) in [6.45, 7) is 1.49. The zero-order chi connectivity index (χ0) is 13.2. The van der Waals surface area contributed by atoms with Crippen molar-refractivity contribution in [2.24, 2.45) is 0 Å². The highest BCUT2D eigenvalue weighted by atomic mass is 32.1. The molecule has 3 rings (SSSR count). The van der Waals surface area contributed by atoms with Crippen LogP contribution in [-0.4, -0.2) is 21.9 Å². The van der Waals surface area contributed by atoms with E-state index in [1.54, 1.807) is 11.3 Å². The van der Waals surface area contributed by atoms with E-state index in [2.05, 4.69) is 31.7 Å². The molecule has 0 aliphatic heterocycles. The molecule has 0 saturated heterocycles. The Morgan fingerprint density at radius 2 is 2.21 bits per heavy atom. The largest absolute Gasteiger partial charge is 0.308 e. The zero-order valence-corrected chi connectivity index (χ0v) is 12.1. The highest BCUT2D eigenvalue weighted by Crippen LogP contribution is 2.14. The normalized spacial score (nSPS) is 11.5. The second-order valence-corrected chi connectivity index (χ2v) is 6.15. The van der Waals surface area contributed by atoms with Gasteiger partial charge in [0.25, 0.3) is 5.56 Å². The minimum atomic E-state index is -0.0427. The fraction of sp³-hybridized carbons (Fsp3) is 0.231. The first-order chi connectivity index (χ1) is 9.22. The molecule has 0 fully saturated rings. The topological polar surface area (TPSA) is 49.0 Å². The number of rotatable bonds is 4. The van der Waals surface area contributed by atoms with Gasteiger partial charge in [-0.05, 0) is 40.9 Å². The molecule has 6 heteroatoms. The van der Waals surface area contributed by atoms with Crippen LogP contribution in [0.2, 0.25) is 0 Å². The van der Waals surface area contributed by atoms with Gasteiger partial charge in [0.1, 0.15) is 10.5 Å². The molecule has 3 aromatic heterocycles. The maximum absolute atomic E-state index is 11.9. The highest BCUT2D eigenvalue weighted by molar-refractivity contribution is 7.17. The molecular formula is C13H13N3OS2. The third-order valence-electron chi connectivity index (χ3n) is 2.82. The lowest BCUT2D eigenvalue weighted by molar-refractivity contribution is 0.311.